The maximum absolute atomic E-state index is 9.59. The molecule has 1 aromatic rings. The van der Waals surface area contributed by atoms with E-state index < -0.39 is 0 Å². The lowest BCUT2D eigenvalue weighted by atomic mass is 9.83. The second-order valence-corrected chi connectivity index (χ2v) is 6.58. The molecule has 0 radical (unpaired) electrons. The molecule has 3 rings (SSSR count). The molecule has 2 atom stereocenters. The van der Waals surface area contributed by atoms with Gasteiger partial charge in [0.2, 0.25) is 0 Å². The minimum absolute atomic E-state index is 0.0118. The van der Waals surface area contributed by atoms with Crippen LogP contribution in [0.2, 0.25) is 0 Å². The molecule has 1 heterocycles. The van der Waals surface area contributed by atoms with Gasteiger partial charge in [-0.1, -0.05) is 49.6 Å². The Morgan fingerprint density at radius 1 is 1.14 bits per heavy atom. The second kappa shape index (κ2) is 6.91. The fourth-order valence-corrected chi connectivity index (χ4v) is 3.85. The zero-order valence-electron chi connectivity index (χ0n) is 12.8. The zero-order valence-corrected chi connectivity index (χ0v) is 12.8. The first kappa shape index (κ1) is 15.0. The van der Waals surface area contributed by atoms with Crippen LogP contribution in [0.15, 0.2) is 30.3 Å². The third-order valence-corrected chi connectivity index (χ3v) is 5.08. The fraction of sp³-hybridized carbons (Fsp3) is 0.667. The van der Waals surface area contributed by atoms with Crippen LogP contribution in [-0.4, -0.2) is 30.0 Å². The van der Waals surface area contributed by atoms with Crippen molar-refractivity contribution in [3.05, 3.63) is 35.9 Å². The van der Waals surface area contributed by atoms with E-state index in [2.05, 4.69) is 17.4 Å². The van der Waals surface area contributed by atoms with Crippen LogP contribution >= 0.6 is 0 Å². The first-order valence-electron chi connectivity index (χ1n) is 8.38. The molecule has 2 unspecified atom stereocenters. The minimum Gasteiger partial charge on any atom is -0.394 e. The van der Waals surface area contributed by atoms with Crippen molar-refractivity contribution in [2.75, 3.05) is 13.2 Å². The Labute approximate surface area is 127 Å². The molecule has 1 saturated heterocycles. The molecule has 2 N–H and O–H groups in total. The van der Waals surface area contributed by atoms with Gasteiger partial charge < -0.3 is 15.2 Å². The minimum atomic E-state index is 0.0118. The lowest BCUT2D eigenvalue weighted by molar-refractivity contribution is -0.0632. The van der Waals surface area contributed by atoms with Gasteiger partial charge in [0.15, 0.2) is 0 Å². The van der Waals surface area contributed by atoms with Gasteiger partial charge in [0.25, 0.3) is 0 Å². The zero-order chi connectivity index (χ0) is 14.5. The van der Waals surface area contributed by atoms with Crippen LogP contribution in [0.25, 0.3) is 0 Å². The van der Waals surface area contributed by atoms with E-state index in [1.807, 2.05) is 18.2 Å². The highest BCUT2D eigenvalue weighted by Crippen LogP contribution is 2.41. The number of rotatable bonds is 5. The summed E-state index contributed by atoms with van der Waals surface area (Å²) in [5.41, 5.74) is 1.33. The van der Waals surface area contributed by atoms with E-state index in [0.717, 1.165) is 18.5 Å². The Morgan fingerprint density at radius 3 is 2.62 bits per heavy atom. The van der Waals surface area contributed by atoms with Gasteiger partial charge in [-0.25, -0.2) is 0 Å². The Hall–Kier alpha value is -0.900. The molecule has 21 heavy (non-hydrogen) atoms. The van der Waals surface area contributed by atoms with Gasteiger partial charge in [-0.2, -0.15) is 0 Å². The molecule has 3 nitrogen and oxygen atoms in total. The van der Waals surface area contributed by atoms with E-state index in [-0.39, 0.29) is 18.2 Å². The van der Waals surface area contributed by atoms with Gasteiger partial charge >= 0.3 is 0 Å². The molecule has 0 amide bonds. The summed E-state index contributed by atoms with van der Waals surface area (Å²) in [7, 11) is 0. The molecular formula is C18H27NO2. The number of hydrogen-bond donors (Lipinski definition) is 2. The normalized spacial score (nSPS) is 26.0. The molecule has 1 spiro atoms. The van der Waals surface area contributed by atoms with E-state index in [1.54, 1.807) is 0 Å². The summed E-state index contributed by atoms with van der Waals surface area (Å²) < 4.78 is 6.38. The van der Waals surface area contributed by atoms with Crippen LogP contribution in [-0.2, 0) is 4.74 Å². The molecule has 1 aromatic carbocycles. The fourth-order valence-electron chi connectivity index (χ4n) is 3.85. The summed E-state index contributed by atoms with van der Waals surface area (Å²) in [5.74, 6) is 0. The Morgan fingerprint density at radius 2 is 1.90 bits per heavy atom. The van der Waals surface area contributed by atoms with Gasteiger partial charge in [0, 0.05) is 6.54 Å². The summed E-state index contributed by atoms with van der Waals surface area (Å²) in [6, 6.07) is 10.2. The first-order chi connectivity index (χ1) is 10.3. The van der Waals surface area contributed by atoms with E-state index in [9.17, 15) is 5.11 Å². The average molecular weight is 289 g/mol. The average Bonchev–Trinajstić information content (AvgIpc) is 2.92. The Balaban J connectivity index is 1.51. The Kier molecular flexibility index (Phi) is 4.94. The van der Waals surface area contributed by atoms with Crippen LogP contribution in [0.4, 0.5) is 0 Å². The van der Waals surface area contributed by atoms with Crippen LogP contribution in [0.1, 0.15) is 56.6 Å². The number of benzene rings is 1. The van der Waals surface area contributed by atoms with E-state index in [4.69, 9.17) is 4.74 Å². The molecule has 1 saturated carbocycles. The predicted molar refractivity (Wildman–Crippen MR) is 84.2 cm³/mol. The monoisotopic (exact) mass is 289 g/mol. The third kappa shape index (κ3) is 3.65. The topological polar surface area (TPSA) is 41.5 Å². The summed E-state index contributed by atoms with van der Waals surface area (Å²) in [5, 5.41) is 13.1. The van der Waals surface area contributed by atoms with Crippen LogP contribution in [0.5, 0.6) is 0 Å². The first-order valence-corrected chi connectivity index (χ1v) is 8.38. The van der Waals surface area contributed by atoms with Crippen molar-refractivity contribution in [1.82, 2.24) is 5.32 Å². The number of ether oxygens (including phenoxy) is 1. The van der Waals surface area contributed by atoms with Crippen molar-refractivity contribution in [3.8, 4) is 0 Å². The second-order valence-electron chi connectivity index (χ2n) is 6.58. The van der Waals surface area contributed by atoms with Crippen molar-refractivity contribution in [2.45, 2.75) is 62.7 Å². The van der Waals surface area contributed by atoms with Gasteiger partial charge in [0.1, 0.15) is 0 Å². The highest BCUT2D eigenvalue weighted by atomic mass is 16.5. The maximum atomic E-state index is 9.59. The van der Waals surface area contributed by atoms with Crippen LogP contribution in [0, 0.1) is 0 Å². The smallest absolute Gasteiger partial charge is 0.0708 e. The quantitative estimate of drug-likeness (QED) is 0.874. The van der Waals surface area contributed by atoms with Crippen molar-refractivity contribution >= 4 is 0 Å². The van der Waals surface area contributed by atoms with Gasteiger partial charge in [-0.15, -0.1) is 0 Å². The van der Waals surface area contributed by atoms with E-state index >= 15 is 0 Å². The SMILES string of the molecule is OCC(NCC1CCC2(CCCCC2)O1)c1ccccc1. The summed E-state index contributed by atoms with van der Waals surface area (Å²) in [4.78, 5) is 0. The molecule has 2 aliphatic rings. The molecule has 0 bridgehead atoms. The lowest BCUT2D eigenvalue weighted by Gasteiger charge is -2.33. The number of hydrogen-bond acceptors (Lipinski definition) is 3. The molecule has 1 aliphatic heterocycles. The van der Waals surface area contributed by atoms with Crippen molar-refractivity contribution < 1.29 is 9.84 Å². The summed E-state index contributed by atoms with van der Waals surface area (Å²) >= 11 is 0. The maximum Gasteiger partial charge on any atom is 0.0708 e. The molecule has 3 heteroatoms. The lowest BCUT2D eigenvalue weighted by Crippen LogP contribution is -2.36. The van der Waals surface area contributed by atoms with Gasteiger partial charge in [0.05, 0.1) is 24.4 Å². The van der Waals surface area contributed by atoms with E-state index in [0.29, 0.717) is 6.10 Å². The third-order valence-electron chi connectivity index (χ3n) is 5.08. The van der Waals surface area contributed by atoms with Crippen LogP contribution < -0.4 is 5.32 Å². The van der Waals surface area contributed by atoms with Gasteiger partial charge in [-0.05, 0) is 31.2 Å². The van der Waals surface area contributed by atoms with Crippen molar-refractivity contribution in [2.24, 2.45) is 0 Å². The van der Waals surface area contributed by atoms with Gasteiger partial charge in [-0.3, -0.25) is 0 Å². The highest BCUT2D eigenvalue weighted by molar-refractivity contribution is 5.18. The molecular weight excluding hydrogens is 262 g/mol. The summed E-state index contributed by atoms with van der Waals surface area (Å²) in [6.45, 7) is 0.962. The van der Waals surface area contributed by atoms with Crippen LogP contribution in [0.3, 0.4) is 0 Å². The van der Waals surface area contributed by atoms with Crippen molar-refractivity contribution in [1.29, 1.82) is 0 Å². The molecule has 2 fully saturated rings. The van der Waals surface area contributed by atoms with Crippen molar-refractivity contribution in [3.63, 3.8) is 0 Å². The highest BCUT2D eigenvalue weighted by Gasteiger charge is 2.40. The summed E-state index contributed by atoms with van der Waals surface area (Å²) in [6.07, 6.45) is 9.17. The van der Waals surface area contributed by atoms with E-state index in [1.165, 1.54) is 38.5 Å². The Bertz CT molecular complexity index is 428. The molecule has 0 aromatic heterocycles. The number of aliphatic hydroxyl groups excluding tert-OH is 1. The number of nitrogens with one attached hydrogen (secondary N) is 1. The number of aliphatic hydroxyl groups is 1. The predicted octanol–water partition coefficient (Wildman–Crippen LogP) is 3.19. The largest absolute Gasteiger partial charge is 0.394 e. The molecule has 1 aliphatic carbocycles. The molecule has 116 valence electrons. The standard InChI is InChI=1S/C18H27NO2/c20-14-17(15-7-3-1-4-8-15)19-13-16-9-12-18(21-16)10-5-2-6-11-18/h1,3-4,7-8,16-17,19-20H,2,5-6,9-14H2.